The van der Waals surface area contributed by atoms with Crippen molar-refractivity contribution < 1.29 is 32.0 Å². The van der Waals surface area contributed by atoms with Gasteiger partial charge in [-0.25, -0.2) is 9.59 Å². The lowest BCUT2D eigenvalue weighted by Crippen LogP contribution is -2.16. The first-order valence-electron chi connectivity index (χ1n) is 17.0. The van der Waals surface area contributed by atoms with Crippen molar-refractivity contribution in [3.8, 4) is 0 Å². The topological polar surface area (TPSA) is 107 Å². The minimum Gasteiger partial charge on any atom is -0.462 e. The van der Waals surface area contributed by atoms with Gasteiger partial charge in [-0.2, -0.15) is 8.42 Å². The minimum atomic E-state index is -4.56. The maximum absolute atomic E-state index is 12.8. The zero-order valence-corrected chi connectivity index (χ0v) is 28.2. The summed E-state index contributed by atoms with van der Waals surface area (Å²) in [6, 6.07) is 3.26. The number of carbonyl (C=O) groups excluding carboxylic acids is 2. The lowest BCUT2D eigenvalue weighted by Gasteiger charge is -2.11. The van der Waals surface area contributed by atoms with E-state index in [0.717, 1.165) is 57.1 Å². The Morgan fingerprint density at radius 3 is 1.34 bits per heavy atom. The molecule has 0 aliphatic heterocycles. The van der Waals surface area contributed by atoms with Crippen molar-refractivity contribution in [2.45, 2.75) is 147 Å². The van der Waals surface area contributed by atoms with Crippen LogP contribution in [0, 0.1) is 0 Å². The van der Waals surface area contributed by atoms with E-state index in [0.29, 0.717) is 12.8 Å². The van der Waals surface area contributed by atoms with Crippen LogP contribution >= 0.6 is 0 Å². The van der Waals surface area contributed by atoms with Gasteiger partial charge in [-0.15, -0.1) is 0 Å². The van der Waals surface area contributed by atoms with E-state index in [2.05, 4.69) is 38.2 Å². The van der Waals surface area contributed by atoms with Crippen molar-refractivity contribution >= 4 is 22.1 Å². The van der Waals surface area contributed by atoms with Crippen LogP contribution in [-0.4, -0.2) is 38.1 Å². The van der Waals surface area contributed by atoms with Gasteiger partial charge in [0.05, 0.1) is 29.2 Å². The maximum atomic E-state index is 12.8. The fourth-order valence-electron chi connectivity index (χ4n) is 5.05. The molecule has 1 aromatic rings. The molecule has 250 valence electrons. The molecule has 0 aromatic heterocycles. The van der Waals surface area contributed by atoms with Crippen molar-refractivity contribution in [2.75, 3.05) is 13.2 Å². The second-order valence-electron chi connectivity index (χ2n) is 11.5. The van der Waals surface area contributed by atoms with Crippen molar-refractivity contribution in [3.05, 3.63) is 53.6 Å². The summed E-state index contributed by atoms with van der Waals surface area (Å²) in [4.78, 5) is 25.1. The number of benzene rings is 1. The molecule has 7 nitrogen and oxygen atoms in total. The molecule has 0 aliphatic rings. The van der Waals surface area contributed by atoms with Crippen LogP contribution in [0.1, 0.15) is 163 Å². The van der Waals surface area contributed by atoms with Gasteiger partial charge >= 0.3 is 11.9 Å². The molecule has 0 saturated heterocycles. The Kier molecular flexibility index (Phi) is 23.2. The maximum Gasteiger partial charge on any atom is 0.339 e. The van der Waals surface area contributed by atoms with Crippen molar-refractivity contribution in [3.63, 3.8) is 0 Å². The summed E-state index contributed by atoms with van der Waals surface area (Å²) < 4.78 is 43.5. The number of ether oxygens (including phenoxy) is 2. The molecule has 0 heterocycles. The summed E-state index contributed by atoms with van der Waals surface area (Å²) in [5, 5.41) is 0. The molecule has 0 unspecified atom stereocenters. The number of hydrogen-bond acceptors (Lipinski definition) is 6. The highest BCUT2D eigenvalue weighted by Crippen LogP contribution is 2.20. The number of unbranched alkanes of at least 4 members (excludes halogenated alkanes) is 18. The predicted octanol–water partition coefficient (Wildman–Crippen LogP) is 10.2. The van der Waals surface area contributed by atoms with Gasteiger partial charge in [0.2, 0.25) is 0 Å². The summed E-state index contributed by atoms with van der Waals surface area (Å²) in [6.07, 6.45) is 31.2. The van der Waals surface area contributed by atoms with Crippen LogP contribution in [0.5, 0.6) is 0 Å². The highest BCUT2D eigenvalue weighted by molar-refractivity contribution is 7.85. The number of esters is 2. The smallest absolute Gasteiger partial charge is 0.339 e. The Labute approximate surface area is 267 Å². The van der Waals surface area contributed by atoms with Gasteiger partial charge in [0, 0.05) is 0 Å². The normalized spacial score (nSPS) is 11.9. The Morgan fingerprint density at radius 2 is 0.955 bits per heavy atom. The monoisotopic (exact) mass is 634 g/mol. The Hall–Kier alpha value is -2.45. The van der Waals surface area contributed by atoms with Crippen LogP contribution < -0.4 is 0 Å². The zero-order valence-electron chi connectivity index (χ0n) is 27.4. The van der Waals surface area contributed by atoms with Gasteiger partial charge in [0.25, 0.3) is 10.1 Å². The third kappa shape index (κ3) is 19.8. The SMILES string of the molecule is C/C=C/CCCCCCCCCCCOC(=O)c1ccc(S(=O)(=O)O)cc1C(=O)OCCCCCCCCCCC/C=C/C. The molecule has 0 bridgehead atoms. The van der Waals surface area contributed by atoms with Crippen LogP contribution in [-0.2, 0) is 19.6 Å². The molecule has 0 radical (unpaired) electrons. The van der Waals surface area contributed by atoms with Gasteiger partial charge in [0.15, 0.2) is 0 Å². The zero-order chi connectivity index (χ0) is 32.3. The van der Waals surface area contributed by atoms with E-state index >= 15 is 0 Å². The van der Waals surface area contributed by atoms with E-state index < -0.39 is 27.0 Å². The number of hydrogen-bond donors (Lipinski definition) is 1. The molecule has 0 atom stereocenters. The molecule has 0 fully saturated rings. The average molecular weight is 635 g/mol. The number of allylic oxidation sites excluding steroid dienone is 4. The van der Waals surface area contributed by atoms with E-state index in [1.54, 1.807) is 0 Å². The van der Waals surface area contributed by atoms with Crippen LogP contribution in [0.15, 0.2) is 47.4 Å². The Balaban J connectivity index is 2.37. The van der Waals surface area contributed by atoms with Crippen LogP contribution in [0.4, 0.5) is 0 Å². The number of rotatable bonds is 27. The molecule has 1 aromatic carbocycles. The fourth-order valence-corrected chi connectivity index (χ4v) is 5.56. The van der Waals surface area contributed by atoms with Crippen LogP contribution in [0.25, 0.3) is 0 Å². The van der Waals surface area contributed by atoms with Gasteiger partial charge in [-0.3, -0.25) is 4.55 Å². The fraction of sp³-hybridized carbons (Fsp3) is 0.667. The first kappa shape index (κ1) is 39.6. The highest BCUT2D eigenvalue weighted by Gasteiger charge is 2.23. The molecule has 44 heavy (non-hydrogen) atoms. The predicted molar refractivity (Wildman–Crippen MR) is 179 cm³/mol. The Bertz CT molecular complexity index is 1080. The number of carbonyl (C=O) groups is 2. The lowest BCUT2D eigenvalue weighted by atomic mass is 10.1. The molecule has 0 amide bonds. The van der Waals surface area contributed by atoms with Gasteiger partial charge < -0.3 is 9.47 Å². The van der Waals surface area contributed by atoms with E-state index in [-0.39, 0.29) is 24.3 Å². The molecule has 1 rings (SSSR count). The van der Waals surface area contributed by atoms with Crippen molar-refractivity contribution in [1.29, 1.82) is 0 Å². The summed E-state index contributed by atoms with van der Waals surface area (Å²) in [7, 11) is -4.56. The first-order valence-corrected chi connectivity index (χ1v) is 18.4. The molecule has 8 heteroatoms. The molecular formula is C36H58O7S. The summed E-state index contributed by atoms with van der Waals surface area (Å²) >= 11 is 0. The van der Waals surface area contributed by atoms with Crippen molar-refractivity contribution in [2.24, 2.45) is 0 Å². The van der Waals surface area contributed by atoms with Gasteiger partial charge in [-0.05, 0) is 70.6 Å². The largest absolute Gasteiger partial charge is 0.462 e. The van der Waals surface area contributed by atoms with Gasteiger partial charge in [0.1, 0.15) is 0 Å². The molecule has 0 saturated carbocycles. The minimum absolute atomic E-state index is 0.0671. The molecule has 0 spiro atoms. The second kappa shape index (κ2) is 25.8. The van der Waals surface area contributed by atoms with E-state index in [1.165, 1.54) is 76.7 Å². The van der Waals surface area contributed by atoms with Gasteiger partial charge in [-0.1, -0.05) is 114 Å². The standard InChI is InChI=1S/C36H58O7S/c1-3-5-7-9-11-13-15-17-19-21-23-25-29-42-35(37)33-28-27-32(44(39,40)41)31-34(33)36(38)43-30-26-24-22-20-18-16-14-12-10-8-6-4-2/h3-6,27-28,31H,7-26,29-30H2,1-2H3,(H,39,40,41)/b5-3+,6-4+. The third-order valence-corrected chi connectivity index (χ3v) is 8.55. The first-order chi connectivity index (χ1) is 21.3. The summed E-state index contributed by atoms with van der Waals surface area (Å²) in [5.41, 5.74) is -0.284. The second-order valence-corrected chi connectivity index (χ2v) is 13.0. The van der Waals surface area contributed by atoms with E-state index in [1.807, 2.05) is 0 Å². The van der Waals surface area contributed by atoms with Crippen molar-refractivity contribution in [1.82, 2.24) is 0 Å². The lowest BCUT2D eigenvalue weighted by molar-refractivity contribution is 0.0450. The summed E-state index contributed by atoms with van der Waals surface area (Å²) in [5.74, 6) is -1.51. The van der Waals surface area contributed by atoms with Crippen LogP contribution in [0.2, 0.25) is 0 Å². The van der Waals surface area contributed by atoms with E-state index in [9.17, 15) is 22.6 Å². The molecule has 1 N–H and O–H groups in total. The average Bonchev–Trinajstić information content (AvgIpc) is 3.00. The molecule has 0 aliphatic carbocycles. The Morgan fingerprint density at radius 1 is 0.591 bits per heavy atom. The van der Waals surface area contributed by atoms with E-state index in [4.69, 9.17) is 9.47 Å². The quantitative estimate of drug-likeness (QED) is 0.0444. The summed E-state index contributed by atoms with van der Waals surface area (Å²) in [6.45, 7) is 4.49. The highest BCUT2D eigenvalue weighted by atomic mass is 32.2. The molecular weight excluding hydrogens is 576 g/mol. The van der Waals surface area contributed by atoms with Crippen LogP contribution in [0.3, 0.4) is 0 Å². The third-order valence-electron chi connectivity index (χ3n) is 7.70.